The lowest BCUT2D eigenvalue weighted by Gasteiger charge is -2.32. The number of rotatable bonds is 0. The summed E-state index contributed by atoms with van der Waals surface area (Å²) in [6.07, 6.45) is -0.660. The lowest BCUT2D eigenvalue weighted by molar-refractivity contribution is 0.137. The number of ether oxygens (including phenoxy) is 1. The summed E-state index contributed by atoms with van der Waals surface area (Å²) >= 11 is 5.54. The van der Waals surface area contributed by atoms with Crippen LogP contribution in [0, 0.1) is 10.5 Å². The highest BCUT2D eigenvalue weighted by molar-refractivity contribution is 7.71. The molecule has 1 fully saturated rings. The molecular weight excluding hydrogens is 439 g/mol. The number of fused-ring (bicyclic) bond motifs is 7. The molecular formula is C19H19FN8O3S. The SMILES string of the molecule is CC1Oc2nc(cnc2N)-c2c([nH]n(C)c2=S)CN2C(=O)NC(O)N2c2ccc(F)cc21. The lowest BCUT2D eigenvalue weighted by Crippen LogP contribution is -2.43. The van der Waals surface area contributed by atoms with Gasteiger partial charge in [-0.3, -0.25) is 15.1 Å². The molecule has 2 amide bonds. The summed E-state index contributed by atoms with van der Waals surface area (Å²) in [7, 11) is 1.73. The average Bonchev–Trinajstić information content (AvgIpc) is 3.17. The Hall–Kier alpha value is -3.71. The van der Waals surface area contributed by atoms with E-state index in [1.807, 2.05) is 0 Å². The first kappa shape index (κ1) is 20.2. The van der Waals surface area contributed by atoms with E-state index in [4.69, 9.17) is 22.7 Å². The number of amides is 2. The van der Waals surface area contributed by atoms with Crippen LogP contribution in [0.25, 0.3) is 11.3 Å². The van der Waals surface area contributed by atoms with E-state index in [2.05, 4.69) is 20.4 Å². The number of aliphatic hydroxyl groups is 1. The number of anilines is 2. The first-order valence-electron chi connectivity index (χ1n) is 9.66. The van der Waals surface area contributed by atoms with Crippen molar-refractivity contribution < 1.29 is 19.0 Å². The Kier molecular flexibility index (Phi) is 4.53. The molecule has 32 heavy (non-hydrogen) atoms. The quantitative estimate of drug-likeness (QED) is 0.375. The minimum Gasteiger partial charge on any atom is -0.467 e. The number of urea groups is 1. The molecule has 0 radical (unpaired) electrons. The second-order valence-electron chi connectivity index (χ2n) is 7.46. The number of hydrogen-bond donors (Lipinski definition) is 4. The molecule has 13 heteroatoms. The van der Waals surface area contributed by atoms with Crippen LogP contribution in [-0.2, 0) is 13.6 Å². The van der Waals surface area contributed by atoms with Gasteiger partial charge in [-0.2, -0.15) is 0 Å². The summed E-state index contributed by atoms with van der Waals surface area (Å²) in [5.41, 5.74) is 8.22. The van der Waals surface area contributed by atoms with E-state index in [9.17, 15) is 14.3 Å². The molecule has 3 aromatic rings. The summed E-state index contributed by atoms with van der Waals surface area (Å²) in [6, 6.07) is 3.43. The third-order valence-corrected chi connectivity index (χ3v) is 5.87. The topological polar surface area (TPSA) is 138 Å². The first-order chi connectivity index (χ1) is 15.2. The van der Waals surface area contributed by atoms with Crippen molar-refractivity contribution in [2.24, 2.45) is 7.05 Å². The van der Waals surface area contributed by atoms with Gasteiger partial charge in [-0.15, -0.1) is 0 Å². The summed E-state index contributed by atoms with van der Waals surface area (Å²) in [6.45, 7) is 1.69. The Balaban J connectivity index is 1.79. The van der Waals surface area contributed by atoms with Crippen LogP contribution in [0.1, 0.15) is 24.3 Å². The number of carbonyl (C=O) groups is 1. The van der Waals surface area contributed by atoms with Gasteiger partial charge in [-0.05, 0) is 25.1 Å². The maximum Gasteiger partial charge on any atom is 0.340 e. The van der Waals surface area contributed by atoms with Crippen molar-refractivity contribution >= 4 is 29.8 Å². The maximum absolute atomic E-state index is 14.2. The number of hydrogen-bond acceptors (Lipinski definition) is 8. The molecule has 0 aliphatic carbocycles. The van der Waals surface area contributed by atoms with Gasteiger partial charge in [0.1, 0.15) is 16.6 Å². The van der Waals surface area contributed by atoms with Crippen molar-refractivity contribution in [2.45, 2.75) is 25.9 Å². The van der Waals surface area contributed by atoms with Crippen LogP contribution in [0.3, 0.4) is 0 Å². The van der Waals surface area contributed by atoms with Gasteiger partial charge < -0.3 is 15.6 Å². The predicted molar refractivity (Wildman–Crippen MR) is 114 cm³/mol. The number of halogens is 1. The van der Waals surface area contributed by atoms with E-state index >= 15 is 0 Å². The standard InChI is InChI=1S/C19H19FN8O3S/c1-8-10-5-9(20)3-4-13(10)28-19(30)24-18(29)27(28)7-12-14(17(32)26(2)25-12)11-6-22-15(21)16(23-11)31-8/h3-6,8,19,25,30H,7H2,1-2H3,(H2,21,22)(H,24,29). The van der Waals surface area contributed by atoms with Crippen LogP contribution in [0.2, 0.25) is 0 Å². The normalized spacial score (nSPS) is 19.8. The van der Waals surface area contributed by atoms with Crippen LogP contribution in [0.5, 0.6) is 5.88 Å². The lowest BCUT2D eigenvalue weighted by atomic mass is 10.1. The number of aromatic nitrogens is 4. The molecule has 11 nitrogen and oxygen atoms in total. The number of carbonyl (C=O) groups excluding carboxylic acids is 1. The molecule has 1 aromatic carbocycles. The van der Waals surface area contributed by atoms with Crippen LogP contribution in [-0.4, -0.2) is 42.2 Å². The van der Waals surface area contributed by atoms with Gasteiger partial charge in [-0.25, -0.2) is 29.2 Å². The average molecular weight is 458 g/mol. The van der Waals surface area contributed by atoms with Crippen molar-refractivity contribution in [3.63, 3.8) is 0 Å². The Morgan fingerprint density at radius 3 is 2.97 bits per heavy atom. The molecule has 2 aliphatic rings. The number of nitrogens with two attached hydrogens (primary N) is 1. The maximum atomic E-state index is 14.2. The number of aromatic amines is 1. The van der Waals surface area contributed by atoms with Crippen molar-refractivity contribution in [2.75, 3.05) is 10.7 Å². The van der Waals surface area contributed by atoms with Gasteiger partial charge in [0, 0.05) is 12.6 Å². The molecule has 2 unspecified atom stereocenters. The van der Waals surface area contributed by atoms with Crippen LogP contribution < -0.4 is 20.8 Å². The van der Waals surface area contributed by atoms with Gasteiger partial charge >= 0.3 is 6.03 Å². The molecule has 5 rings (SSSR count). The number of benzene rings is 1. The van der Waals surface area contributed by atoms with Crippen molar-refractivity contribution in [1.82, 2.24) is 30.1 Å². The van der Waals surface area contributed by atoms with Crippen LogP contribution in [0.4, 0.5) is 20.7 Å². The molecule has 5 N–H and O–H groups in total. The number of nitrogens with zero attached hydrogens (tertiary/aromatic N) is 5. The molecule has 4 heterocycles. The van der Waals surface area contributed by atoms with E-state index in [-0.39, 0.29) is 18.2 Å². The molecule has 2 atom stereocenters. The zero-order valence-corrected chi connectivity index (χ0v) is 17.9. The largest absolute Gasteiger partial charge is 0.467 e. The zero-order valence-electron chi connectivity index (χ0n) is 17.0. The number of aliphatic hydroxyl groups excluding tert-OH is 1. The molecule has 166 valence electrons. The fourth-order valence-corrected chi connectivity index (χ4v) is 4.17. The van der Waals surface area contributed by atoms with E-state index < -0.39 is 24.3 Å². The molecule has 1 saturated heterocycles. The van der Waals surface area contributed by atoms with E-state index in [0.717, 1.165) is 0 Å². The highest BCUT2D eigenvalue weighted by atomic mass is 32.1. The van der Waals surface area contributed by atoms with Crippen molar-refractivity contribution in [3.8, 4) is 17.1 Å². The summed E-state index contributed by atoms with van der Waals surface area (Å²) in [5, 5.41) is 18.8. The number of hydrazine groups is 1. The van der Waals surface area contributed by atoms with E-state index in [1.165, 1.54) is 34.4 Å². The number of H-pyrrole nitrogens is 1. The van der Waals surface area contributed by atoms with Gasteiger partial charge in [-0.1, -0.05) is 12.2 Å². The van der Waals surface area contributed by atoms with Gasteiger partial charge in [0.25, 0.3) is 5.88 Å². The fourth-order valence-electron chi connectivity index (χ4n) is 3.90. The Labute approximate surface area is 186 Å². The van der Waals surface area contributed by atoms with Crippen LogP contribution >= 0.6 is 12.2 Å². The second kappa shape index (κ2) is 7.17. The predicted octanol–water partition coefficient (Wildman–Crippen LogP) is 1.94. The highest BCUT2D eigenvalue weighted by Crippen LogP contribution is 2.37. The summed E-state index contributed by atoms with van der Waals surface area (Å²) < 4.78 is 22.2. The first-order valence-corrected chi connectivity index (χ1v) is 10.1. The van der Waals surface area contributed by atoms with E-state index in [0.29, 0.717) is 32.8 Å². The summed E-state index contributed by atoms with van der Waals surface area (Å²) in [5.74, 6) is -0.390. The number of nitrogen functional groups attached to an aromatic ring is 1. The Morgan fingerprint density at radius 1 is 1.41 bits per heavy atom. The fraction of sp³-hybridized carbons (Fsp3) is 0.263. The smallest absolute Gasteiger partial charge is 0.340 e. The number of nitrogens with one attached hydrogen (secondary N) is 2. The minimum absolute atomic E-state index is 0.0101. The third kappa shape index (κ3) is 3.05. The molecule has 0 saturated carbocycles. The van der Waals surface area contributed by atoms with E-state index in [1.54, 1.807) is 18.7 Å². The summed E-state index contributed by atoms with van der Waals surface area (Å²) in [4.78, 5) is 21.4. The van der Waals surface area contributed by atoms with Gasteiger partial charge in [0.15, 0.2) is 5.82 Å². The molecule has 2 aliphatic heterocycles. The zero-order chi connectivity index (χ0) is 22.7. The third-order valence-electron chi connectivity index (χ3n) is 5.40. The Morgan fingerprint density at radius 2 is 2.19 bits per heavy atom. The molecule has 2 aromatic heterocycles. The van der Waals surface area contributed by atoms with Crippen LogP contribution in [0.15, 0.2) is 24.4 Å². The monoisotopic (exact) mass is 458 g/mol. The van der Waals surface area contributed by atoms with Gasteiger partial charge in [0.2, 0.25) is 6.35 Å². The minimum atomic E-state index is -1.38. The molecule has 2 bridgehead atoms. The highest BCUT2D eigenvalue weighted by Gasteiger charge is 2.39. The molecule has 0 spiro atoms. The van der Waals surface area contributed by atoms with Crippen molar-refractivity contribution in [3.05, 3.63) is 46.1 Å². The second-order valence-corrected chi connectivity index (χ2v) is 7.85. The Bertz CT molecular complexity index is 1310. The van der Waals surface area contributed by atoms with Gasteiger partial charge in [0.05, 0.1) is 35.4 Å². The van der Waals surface area contributed by atoms with Crippen molar-refractivity contribution in [1.29, 1.82) is 0 Å². The number of aryl methyl sites for hydroxylation is 1.